The Hall–Kier alpha value is -0.805. The van der Waals surface area contributed by atoms with E-state index in [1.54, 1.807) is 30.3 Å². The van der Waals surface area contributed by atoms with Crippen molar-refractivity contribution in [1.29, 1.82) is 0 Å². The van der Waals surface area contributed by atoms with Crippen molar-refractivity contribution >= 4 is 41.8 Å². The summed E-state index contributed by atoms with van der Waals surface area (Å²) < 4.78 is 68.2. The van der Waals surface area contributed by atoms with Crippen LogP contribution in [0.25, 0.3) is 21.5 Å². The van der Waals surface area contributed by atoms with Crippen molar-refractivity contribution in [2.75, 3.05) is 0 Å². The standard InChI is InChI=1S/C14H10O6S2.2Li/c15-21(16,17)13-6-5-11-7-9-3-1-2-4-10(9)8-12(11)14(13)22(18,19)20;;/h1-8H,(H,15,16,17)(H,18,19,20);;/q;2*+1/p-2. The van der Waals surface area contributed by atoms with E-state index in [1.165, 1.54) is 12.1 Å². The molecule has 0 fully saturated rings. The first-order valence-electron chi connectivity index (χ1n) is 6.05. The van der Waals surface area contributed by atoms with Crippen LogP contribution >= 0.6 is 0 Å². The Balaban J connectivity index is 0.00000144. The SMILES string of the molecule is O=S(=O)([O-])c1ccc2cc3ccccc3cc2c1S(=O)(=O)[O-].[Li+].[Li+]. The molecule has 0 bridgehead atoms. The maximum absolute atomic E-state index is 11.5. The van der Waals surface area contributed by atoms with Gasteiger partial charge in [0.1, 0.15) is 20.2 Å². The van der Waals surface area contributed by atoms with Gasteiger partial charge in [-0.05, 0) is 34.4 Å². The fraction of sp³-hybridized carbons (Fsp3) is 0. The minimum absolute atomic E-state index is 0. The van der Waals surface area contributed by atoms with Crippen LogP contribution in [0.5, 0.6) is 0 Å². The molecule has 24 heavy (non-hydrogen) atoms. The molecule has 3 aromatic rings. The molecule has 114 valence electrons. The van der Waals surface area contributed by atoms with E-state index in [-0.39, 0.29) is 43.1 Å². The Labute approximate surface area is 163 Å². The molecular weight excluding hydrogens is 342 g/mol. The third kappa shape index (κ3) is 3.88. The predicted octanol–water partition coefficient (Wildman–Crippen LogP) is -4.19. The van der Waals surface area contributed by atoms with E-state index in [4.69, 9.17) is 0 Å². The van der Waals surface area contributed by atoms with E-state index in [0.29, 0.717) is 10.8 Å². The van der Waals surface area contributed by atoms with Gasteiger partial charge in [-0.15, -0.1) is 0 Å². The van der Waals surface area contributed by atoms with E-state index in [9.17, 15) is 25.9 Å². The van der Waals surface area contributed by atoms with E-state index >= 15 is 0 Å². The molecule has 0 spiro atoms. The van der Waals surface area contributed by atoms with Gasteiger partial charge in [0.2, 0.25) is 0 Å². The fourth-order valence-corrected chi connectivity index (χ4v) is 4.37. The number of hydrogen-bond acceptors (Lipinski definition) is 6. The summed E-state index contributed by atoms with van der Waals surface area (Å²) in [4.78, 5) is -2.02. The van der Waals surface area contributed by atoms with Gasteiger partial charge in [0.15, 0.2) is 0 Å². The second-order valence-electron chi connectivity index (χ2n) is 4.72. The zero-order valence-electron chi connectivity index (χ0n) is 12.9. The van der Waals surface area contributed by atoms with Crippen molar-refractivity contribution in [2.24, 2.45) is 0 Å². The van der Waals surface area contributed by atoms with Crippen LogP contribution in [0.2, 0.25) is 0 Å². The van der Waals surface area contributed by atoms with Crippen LogP contribution in [0.4, 0.5) is 0 Å². The molecule has 0 aliphatic rings. The normalized spacial score (nSPS) is 11.8. The van der Waals surface area contributed by atoms with E-state index in [0.717, 1.165) is 11.5 Å². The van der Waals surface area contributed by atoms with Crippen molar-refractivity contribution in [3.05, 3.63) is 48.5 Å². The molecular formula is C14H8Li2O6S2. The Morgan fingerprint density at radius 2 is 1.21 bits per heavy atom. The van der Waals surface area contributed by atoms with Crippen LogP contribution in [-0.2, 0) is 20.2 Å². The molecule has 0 aliphatic carbocycles. The van der Waals surface area contributed by atoms with Crippen molar-refractivity contribution in [2.45, 2.75) is 9.79 Å². The molecule has 3 rings (SSSR count). The third-order valence-electron chi connectivity index (χ3n) is 3.32. The number of fused-ring (bicyclic) bond motifs is 2. The molecule has 0 unspecified atom stereocenters. The molecule has 0 aromatic heterocycles. The Morgan fingerprint density at radius 1 is 0.667 bits per heavy atom. The van der Waals surface area contributed by atoms with Gasteiger partial charge in [0, 0.05) is 5.39 Å². The number of benzene rings is 3. The average molecular weight is 350 g/mol. The van der Waals surface area contributed by atoms with Crippen LogP contribution in [0.15, 0.2) is 58.3 Å². The molecule has 0 radical (unpaired) electrons. The molecule has 0 amide bonds. The van der Waals surface area contributed by atoms with Crippen molar-refractivity contribution in [3.63, 3.8) is 0 Å². The van der Waals surface area contributed by atoms with Crippen LogP contribution in [-0.4, -0.2) is 25.9 Å². The van der Waals surface area contributed by atoms with Crippen molar-refractivity contribution < 1.29 is 63.7 Å². The van der Waals surface area contributed by atoms with Gasteiger partial charge in [0.25, 0.3) is 0 Å². The maximum atomic E-state index is 11.5. The van der Waals surface area contributed by atoms with Crippen LogP contribution in [0.3, 0.4) is 0 Å². The van der Waals surface area contributed by atoms with Crippen LogP contribution < -0.4 is 37.7 Å². The summed E-state index contributed by atoms with van der Waals surface area (Å²) >= 11 is 0. The van der Waals surface area contributed by atoms with E-state index in [1.807, 2.05) is 0 Å². The van der Waals surface area contributed by atoms with Gasteiger partial charge < -0.3 is 9.11 Å². The minimum Gasteiger partial charge on any atom is -0.744 e. The second-order valence-corrected chi connectivity index (χ2v) is 7.39. The maximum Gasteiger partial charge on any atom is 1.00 e. The first-order chi connectivity index (χ1) is 10.2. The Kier molecular flexibility index (Phi) is 6.38. The summed E-state index contributed by atoms with van der Waals surface area (Å²) in [5.74, 6) is 0. The predicted molar refractivity (Wildman–Crippen MR) is 77.4 cm³/mol. The fourth-order valence-electron chi connectivity index (χ4n) is 2.42. The van der Waals surface area contributed by atoms with Gasteiger partial charge in [-0.25, -0.2) is 16.8 Å². The van der Waals surface area contributed by atoms with E-state index in [2.05, 4.69) is 0 Å². The summed E-state index contributed by atoms with van der Waals surface area (Å²) in [6, 6.07) is 12.2. The molecule has 6 nitrogen and oxygen atoms in total. The molecule has 0 saturated heterocycles. The topological polar surface area (TPSA) is 114 Å². The molecule has 0 heterocycles. The largest absolute Gasteiger partial charge is 1.00 e. The van der Waals surface area contributed by atoms with Gasteiger partial charge in [-0.3, -0.25) is 0 Å². The van der Waals surface area contributed by atoms with E-state index < -0.39 is 30.0 Å². The first-order valence-corrected chi connectivity index (χ1v) is 8.87. The number of rotatable bonds is 2. The first kappa shape index (κ1) is 21.2. The van der Waals surface area contributed by atoms with Gasteiger partial charge in [-0.1, -0.05) is 30.3 Å². The zero-order valence-corrected chi connectivity index (χ0v) is 14.5. The van der Waals surface area contributed by atoms with Crippen molar-refractivity contribution in [3.8, 4) is 0 Å². The quantitative estimate of drug-likeness (QED) is 0.263. The summed E-state index contributed by atoms with van der Waals surface area (Å²) in [5.41, 5.74) is 0. The number of hydrogen-bond donors (Lipinski definition) is 0. The van der Waals surface area contributed by atoms with Crippen LogP contribution in [0, 0.1) is 0 Å². The smallest absolute Gasteiger partial charge is 0.744 e. The van der Waals surface area contributed by atoms with Crippen LogP contribution in [0.1, 0.15) is 0 Å². The zero-order chi connectivity index (χ0) is 16.1. The summed E-state index contributed by atoms with van der Waals surface area (Å²) in [6.45, 7) is 0. The molecule has 10 heteroatoms. The Morgan fingerprint density at radius 3 is 1.71 bits per heavy atom. The average Bonchev–Trinajstić information content (AvgIpc) is 2.41. The second kappa shape index (κ2) is 7.21. The minimum atomic E-state index is -5.14. The molecule has 0 N–H and O–H groups in total. The van der Waals surface area contributed by atoms with Crippen molar-refractivity contribution in [1.82, 2.24) is 0 Å². The Bertz CT molecular complexity index is 1120. The molecule has 3 aromatic carbocycles. The summed E-state index contributed by atoms with van der Waals surface area (Å²) in [5, 5.41) is 1.70. The molecule has 0 aliphatic heterocycles. The molecule has 0 atom stereocenters. The van der Waals surface area contributed by atoms with Gasteiger partial charge in [-0.2, -0.15) is 0 Å². The molecule has 0 saturated carbocycles. The third-order valence-corrected chi connectivity index (χ3v) is 5.27. The summed E-state index contributed by atoms with van der Waals surface area (Å²) in [7, 11) is -10.2. The van der Waals surface area contributed by atoms with Gasteiger partial charge >= 0.3 is 37.7 Å². The monoisotopic (exact) mass is 350 g/mol. The summed E-state index contributed by atoms with van der Waals surface area (Å²) in [6.07, 6.45) is 0. The van der Waals surface area contributed by atoms with Gasteiger partial charge in [0.05, 0.1) is 9.79 Å².